The summed E-state index contributed by atoms with van der Waals surface area (Å²) >= 11 is 0. The molecule has 13 heteroatoms. The van der Waals surface area contributed by atoms with Crippen molar-refractivity contribution in [1.29, 1.82) is 0 Å². The van der Waals surface area contributed by atoms with Crippen LogP contribution in [0.2, 0.25) is 0 Å². The van der Waals surface area contributed by atoms with Crippen LogP contribution in [-0.2, 0) is 21.6 Å². The van der Waals surface area contributed by atoms with Gasteiger partial charge >= 0.3 is 12.1 Å². The molecule has 46 heavy (non-hydrogen) atoms. The molecule has 0 aromatic heterocycles. The first-order chi connectivity index (χ1) is 21.6. The van der Waals surface area contributed by atoms with Crippen molar-refractivity contribution >= 4 is 0 Å². The smallest absolute Gasteiger partial charge is 0.429 e. The molecule has 4 nitrogen and oxygen atoms in total. The van der Waals surface area contributed by atoms with Crippen LogP contribution in [0.5, 0.6) is 5.75 Å². The van der Waals surface area contributed by atoms with Crippen molar-refractivity contribution in [1.82, 2.24) is 0 Å². The Morgan fingerprint density at radius 3 is 1.78 bits per heavy atom. The molecule has 0 atom stereocenters. The van der Waals surface area contributed by atoms with Crippen LogP contribution in [0.1, 0.15) is 37.8 Å². The van der Waals surface area contributed by atoms with Crippen LogP contribution in [-0.4, -0.2) is 18.3 Å². The molecule has 1 fully saturated rings. The number of benzene rings is 4. The van der Waals surface area contributed by atoms with Gasteiger partial charge in [-0.25, -0.2) is 30.7 Å². The van der Waals surface area contributed by atoms with Crippen molar-refractivity contribution in [3.05, 3.63) is 113 Å². The second-order valence-corrected chi connectivity index (χ2v) is 11.2. The Balaban J connectivity index is 1.38. The van der Waals surface area contributed by atoms with Gasteiger partial charge in [-0.1, -0.05) is 44.5 Å². The quantitative estimate of drug-likeness (QED) is 0.152. The van der Waals surface area contributed by atoms with Crippen LogP contribution >= 0.6 is 0 Å². The highest BCUT2D eigenvalue weighted by Gasteiger charge is 2.43. The van der Waals surface area contributed by atoms with E-state index in [9.17, 15) is 35.8 Å². The number of alkyl halides is 2. The summed E-state index contributed by atoms with van der Waals surface area (Å²) in [6.07, 6.45) is -3.18. The summed E-state index contributed by atoms with van der Waals surface area (Å²) in [5.74, 6) is -14.9. The number of ether oxygens (including phenoxy) is 3. The molecule has 0 bridgehead atoms. The summed E-state index contributed by atoms with van der Waals surface area (Å²) in [6, 6.07) is 7.53. The van der Waals surface area contributed by atoms with E-state index in [1.54, 1.807) is 0 Å². The van der Waals surface area contributed by atoms with Crippen LogP contribution in [0, 0.1) is 46.1 Å². The lowest BCUT2D eigenvalue weighted by atomic mass is 9.86. The minimum atomic E-state index is -4.83. The first-order valence-corrected chi connectivity index (χ1v) is 13.9. The van der Waals surface area contributed by atoms with Gasteiger partial charge in [-0.2, -0.15) is 8.78 Å². The second kappa shape index (κ2) is 12.3. The van der Waals surface area contributed by atoms with Crippen LogP contribution < -0.4 is 4.74 Å². The Labute approximate surface area is 257 Å². The van der Waals surface area contributed by atoms with Gasteiger partial charge in [-0.05, 0) is 41.8 Å². The van der Waals surface area contributed by atoms with E-state index in [0.29, 0.717) is 12.1 Å². The first kappa shape index (κ1) is 33.3. The molecule has 0 unspecified atom stereocenters. The van der Waals surface area contributed by atoms with Gasteiger partial charge in [-0.15, -0.1) is 0 Å². The lowest BCUT2D eigenvalue weighted by Crippen LogP contribution is -2.46. The molecule has 1 aliphatic rings. The topological polar surface area (TPSA) is 47.9 Å². The van der Waals surface area contributed by atoms with E-state index < -0.39 is 75.2 Å². The molecule has 1 saturated heterocycles. The Kier molecular flexibility index (Phi) is 8.88. The van der Waals surface area contributed by atoms with Crippen LogP contribution in [0.4, 0.5) is 39.5 Å². The molecule has 1 aliphatic heterocycles. The molecule has 5 rings (SSSR count). The molecule has 0 radical (unpaired) electrons. The van der Waals surface area contributed by atoms with Crippen LogP contribution in [0.15, 0.2) is 60.7 Å². The predicted molar refractivity (Wildman–Crippen MR) is 147 cm³/mol. The van der Waals surface area contributed by atoms with Crippen LogP contribution in [0.3, 0.4) is 0 Å². The highest BCUT2D eigenvalue weighted by molar-refractivity contribution is 5.72. The van der Waals surface area contributed by atoms with Gasteiger partial charge in [0.2, 0.25) is 0 Å². The maximum absolute atomic E-state index is 15.2. The summed E-state index contributed by atoms with van der Waals surface area (Å²) in [5, 5.41) is 10.8. The van der Waals surface area contributed by atoms with Crippen molar-refractivity contribution in [2.75, 3.05) is 13.2 Å². The van der Waals surface area contributed by atoms with E-state index in [1.807, 2.05) is 13.8 Å². The summed E-state index contributed by atoms with van der Waals surface area (Å²) in [5.41, 5.74) is -3.39. The van der Waals surface area contributed by atoms with E-state index in [2.05, 4.69) is 4.74 Å². The molecular weight excluding hydrogens is 631 g/mol. The molecule has 1 N–H and O–H groups in total. The van der Waals surface area contributed by atoms with Gasteiger partial charge in [0.1, 0.15) is 34.6 Å². The number of aliphatic hydroxyl groups is 1. The fraction of sp³-hybridized carbons (Fsp3) is 0.273. The molecule has 0 spiro atoms. The summed E-state index contributed by atoms with van der Waals surface area (Å²) in [6.45, 7) is 4.25. The lowest BCUT2D eigenvalue weighted by molar-refractivity contribution is -0.414. The molecule has 4 aromatic rings. The van der Waals surface area contributed by atoms with E-state index in [-0.39, 0.29) is 47.5 Å². The summed E-state index contributed by atoms with van der Waals surface area (Å²) < 4.78 is 144. The number of hydrogen-bond acceptors (Lipinski definition) is 4. The number of halogens is 9. The molecule has 4 aromatic carbocycles. The van der Waals surface area contributed by atoms with Crippen molar-refractivity contribution in [3.8, 4) is 28.0 Å². The summed E-state index contributed by atoms with van der Waals surface area (Å²) in [7, 11) is 0. The minimum Gasteiger partial charge on any atom is -0.429 e. The second-order valence-electron chi connectivity index (χ2n) is 11.2. The summed E-state index contributed by atoms with van der Waals surface area (Å²) in [4.78, 5) is 0. The van der Waals surface area contributed by atoms with E-state index in [0.717, 1.165) is 31.0 Å². The zero-order valence-electron chi connectivity index (χ0n) is 24.2. The Bertz CT molecular complexity index is 1740. The Hall–Kier alpha value is -4.07. The van der Waals surface area contributed by atoms with Crippen molar-refractivity contribution in [3.63, 3.8) is 0 Å². The zero-order valence-corrected chi connectivity index (χ0v) is 24.2. The third-order valence-corrected chi connectivity index (χ3v) is 7.55. The Morgan fingerprint density at radius 2 is 1.24 bits per heavy atom. The average molecular weight is 657 g/mol. The predicted octanol–water partition coefficient (Wildman–Crippen LogP) is 9.08. The van der Waals surface area contributed by atoms with E-state index in [4.69, 9.17) is 9.47 Å². The van der Waals surface area contributed by atoms with Crippen molar-refractivity contribution in [2.45, 2.75) is 38.8 Å². The third-order valence-electron chi connectivity index (χ3n) is 7.55. The monoisotopic (exact) mass is 656 g/mol. The van der Waals surface area contributed by atoms with Gasteiger partial charge in [0.25, 0.3) is 0 Å². The molecule has 0 saturated carbocycles. The number of hydrogen-bond donors (Lipinski definition) is 1. The zero-order chi connectivity index (χ0) is 33.6. The molecule has 0 aliphatic carbocycles. The largest absolute Gasteiger partial charge is 0.432 e. The maximum atomic E-state index is 15.2. The first-order valence-electron chi connectivity index (χ1n) is 13.9. The maximum Gasteiger partial charge on any atom is 0.432 e. The molecule has 244 valence electrons. The van der Waals surface area contributed by atoms with Gasteiger partial charge in [-0.3, -0.25) is 0 Å². The normalized spacial score (nSPS) is 20.2. The molecule has 0 amide bonds. The SMILES string of the molecule is CCCC1(C)COC(O)(c2ccc(-c3ccc(-c4cc(F)c(C(F)(F)Oc5cc(F)c(F)c(F)c5)c(F)c4)c(F)c3)c(F)c2)OC1. The molecule has 1 heterocycles. The lowest BCUT2D eigenvalue weighted by Gasteiger charge is -2.41. The highest BCUT2D eigenvalue weighted by atomic mass is 19.3. The Morgan fingerprint density at radius 1 is 0.717 bits per heavy atom. The van der Waals surface area contributed by atoms with E-state index in [1.165, 1.54) is 18.2 Å². The molecular formula is C33H25F9O4. The third kappa shape index (κ3) is 6.44. The fourth-order valence-electron chi connectivity index (χ4n) is 5.20. The van der Waals surface area contributed by atoms with Crippen molar-refractivity contribution in [2.24, 2.45) is 5.41 Å². The fourth-order valence-corrected chi connectivity index (χ4v) is 5.20. The van der Waals surface area contributed by atoms with Gasteiger partial charge in [0, 0.05) is 34.2 Å². The van der Waals surface area contributed by atoms with Gasteiger partial charge in [0.05, 0.1) is 13.2 Å². The van der Waals surface area contributed by atoms with Crippen molar-refractivity contribution < 1.29 is 58.8 Å². The van der Waals surface area contributed by atoms with Gasteiger partial charge < -0.3 is 19.3 Å². The standard InChI is InChI=1S/C33H25F9O4/c1-3-8-31(2)15-44-33(43,45-16-31)19-5-7-21(24(35)12-19)17-4-6-22(23(34)9-17)18-10-25(36)29(26(37)11-18)32(41,42)46-20-13-27(38)30(40)28(39)14-20/h4-7,9-14,43H,3,8,15-16H2,1-2H3. The van der Waals surface area contributed by atoms with Gasteiger partial charge in [0.15, 0.2) is 17.5 Å². The van der Waals surface area contributed by atoms with E-state index >= 15 is 8.78 Å². The highest BCUT2D eigenvalue weighted by Crippen LogP contribution is 2.40. The minimum absolute atomic E-state index is 0.00505. The van der Waals surface area contributed by atoms with Crippen LogP contribution in [0.25, 0.3) is 22.3 Å². The average Bonchev–Trinajstić information content (AvgIpc) is 2.97. The number of rotatable bonds is 8.